The molecule has 2 heterocycles. The van der Waals surface area contributed by atoms with Crippen molar-refractivity contribution in [1.82, 2.24) is 15.5 Å². The number of nitrogens with one attached hydrogen (secondary N) is 2. The molecule has 2 saturated heterocycles. The van der Waals surface area contributed by atoms with Gasteiger partial charge in [-0.1, -0.05) is 18.2 Å². The lowest BCUT2D eigenvalue weighted by molar-refractivity contribution is -0.124. The van der Waals surface area contributed by atoms with Crippen molar-refractivity contribution in [3.05, 3.63) is 29.3 Å². The number of aryl methyl sites for hydroxylation is 2. The average molecular weight is 317 g/mol. The first kappa shape index (κ1) is 15.6. The van der Waals surface area contributed by atoms with Crippen LogP contribution >= 0.6 is 0 Å². The van der Waals surface area contributed by atoms with Crippen molar-refractivity contribution >= 4 is 11.9 Å². The zero-order chi connectivity index (χ0) is 16.4. The molecule has 6 heteroatoms. The van der Waals surface area contributed by atoms with Gasteiger partial charge in [0.15, 0.2) is 0 Å². The van der Waals surface area contributed by atoms with E-state index in [2.05, 4.69) is 10.6 Å². The molecule has 0 saturated carbocycles. The molecule has 0 spiro atoms. The second-order valence-corrected chi connectivity index (χ2v) is 6.30. The maximum absolute atomic E-state index is 12.2. The van der Waals surface area contributed by atoms with Crippen LogP contribution in [0, 0.1) is 13.8 Å². The van der Waals surface area contributed by atoms with Crippen molar-refractivity contribution in [1.29, 1.82) is 0 Å². The predicted molar refractivity (Wildman–Crippen MR) is 86.5 cm³/mol. The fraction of sp³-hybridized carbons (Fsp3) is 0.529. The molecule has 1 aromatic rings. The highest BCUT2D eigenvalue weighted by molar-refractivity contribution is 5.87. The summed E-state index contributed by atoms with van der Waals surface area (Å²) in [6.07, 6.45) is 1.61. The van der Waals surface area contributed by atoms with Gasteiger partial charge in [0.05, 0.1) is 13.1 Å². The molecule has 0 radical (unpaired) electrons. The van der Waals surface area contributed by atoms with Crippen molar-refractivity contribution in [2.75, 3.05) is 19.6 Å². The van der Waals surface area contributed by atoms with E-state index in [0.717, 1.165) is 23.3 Å². The number of urea groups is 1. The molecule has 6 nitrogen and oxygen atoms in total. The second kappa shape index (κ2) is 6.48. The van der Waals surface area contributed by atoms with Crippen LogP contribution in [0.4, 0.5) is 4.79 Å². The zero-order valence-electron chi connectivity index (χ0n) is 13.6. The summed E-state index contributed by atoms with van der Waals surface area (Å²) in [6.45, 7) is 5.84. The third kappa shape index (κ3) is 3.41. The lowest BCUT2D eigenvalue weighted by Gasteiger charge is -2.40. The molecule has 2 aliphatic heterocycles. The molecule has 1 atom stereocenters. The summed E-state index contributed by atoms with van der Waals surface area (Å²) in [5, 5.41) is 5.57. The van der Waals surface area contributed by atoms with Crippen LogP contribution in [0.1, 0.15) is 24.0 Å². The maximum Gasteiger partial charge on any atom is 0.318 e. The molecule has 124 valence electrons. The summed E-state index contributed by atoms with van der Waals surface area (Å²) in [7, 11) is 0. The Morgan fingerprint density at radius 3 is 2.65 bits per heavy atom. The minimum atomic E-state index is -0.408. The monoisotopic (exact) mass is 317 g/mol. The normalized spacial score (nSPS) is 21.4. The maximum atomic E-state index is 12.2. The van der Waals surface area contributed by atoms with Crippen LogP contribution in [-0.2, 0) is 4.79 Å². The zero-order valence-corrected chi connectivity index (χ0v) is 13.6. The summed E-state index contributed by atoms with van der Waals surface area (Å²) in [5.41, 5.74) is 2.21. The number of nitrogens with zero attached hydrogens (tertiary/aromatic N) is 1. The molecule has 2 aliphatic rings. The SMILES string of the molecule is Cc1cccc(C)c1OC1CN(C(=O)NC2CCCNC2=O)C1. The highest BCUT2D eigenvalue weighted by Crippen LogP contribution is 2.26. The lowest BCUT2D eigenvalue weighted by atomic mass is 10.1. The number of piperidine rings is 1. The van der Waals surface area contributed by atoms with Crippen molar-refractivity contribution in [3.8, 4) is 5.75 Å². The van der Waals surface area contributed by atoms with Crippen LogP contribution in [0.2, 0.25) is 0 Å². The molecule has 0 bridgehead atoms. The number of likely N-dealkylation sites (tertiary alicyclic amines) is 1. The highest BCUT2D eigenvalue weighted by atomic mass is 16.5. The quantitative estimate of drug-likeness (QED) is 0.884. The Morgan fingerprint density at radius 2 is 2.00 bits per heavy atom. The van der Waals surface area contributed by atoms with Crippen molar-refractivity contribution < 1.29 is 14.3 Å². The van der Waals surface area contributed by atoms with E-state index in [1.165, 1.54) is 0 Å². The summed E-state index contributed by atoms with van der Waals surface area (Å²) >= 11 is 0. The minimum Gasteiger partial charge on any atom is -0.486 e. The van der Waals surface area contributed by atoms with E-state index in [-0.39, 0.29) is 18.0 Å². The predicted octanol–water partition coefficient (Wildman–Crippen LogP) is 1.35. The van der Waals surface area contributed by atoms with Gasteiger partial charge in [0.1, 0.15) is 17.9 Å². The fourth-order valence-corrected chi connectivity index (χ4v) is 2.98. The Hall–Kier alpha value is -2.24. The highest BCUT2D eigenvalue weighted by Gasteiger charge is 2.35. The van der Waals surface area contributed by atoms with Gasteiger partial charge in [-0.05, 0) is 37.8 Å². The van der Waals surface area contributed by atoms with E-state index >= 15 is 0 Å². The largest absolute Gasteiger partial charge is 0.486 e. The van der Waals surface area contributed by atoms with Gasteiger partial charge in [-0.2, -0.15) is 0 Å². The number of hydrogen-bond donors (Lipinski definition) is 2. The topological polar surface area (TPSA) is 70.7 Å². The average Bonchev–Trinajstić information content (AvgIpc) is 2.47. The van der Waals surface area contributed by atoms with Gasteiger partial charge < -0.3 is 20.3 Å². The smallest absolute Gasteiger partial charge is 0.318 e. The Bertz CT molecular complexity index is 591. The Labute approximate surface area is 136 Å². The van der Waals surface area contributed by atoms with Gasteiger partial charge in [0, 0.05) is 6.54 Å². The number of carbonyl (C=O) groups is 2. The summed E-state index contributed by atoms with van der Waals surface area (Å²) in [5.74, 6) is 0.817. The van der Waals surface area contributed by atoms with E-state index in [9.17, 15) is 9.59 Å². The number of rotatable bonds is 3. The van der Waals surface area contributed by atoms with E-state index < -0.39 is 6.04 Å². The molecule has 2 N–H and O–H groups in total. The number of para-hydroxylation sites is 1. The first-order chi connectivity index (χ1) is 11.0. The first-order valence-corrected chi connectivity index (χ1v) is 8.10. The van der Waals surface area contributed by atoms with Gasteiger partial charge in [-0.3, -0.25) is 4.79 Å². The minimum absolute atomic E-state index is 0.0146. The van der Waals surface area contributed by atoms with Crippen LogP contribution < -0.4 is 15.4 Å². The molecule has 1 unspecified atom stereocenters. The van der Waals surface area contributed by atoms with Crippen molar-refractivity contribution in [2.45, 2.75) is 38.8 Å². The van der Waals surface area contributed by atoms with E-state index in [4.69, 9.17) is 4.74 Å². The van der Waals surface area contributed by atoms with Gasteiger partial charge >= 0.3 is 6.03 Å². The fourth-order valence-electron chi connectivity index (χ4n) is 2.98. The number of ether oxygens (including phenoxy) is 1. The molecule has 3 amide bonds. The van der Waals surface area contributed by atoms with Crippen molar-refractivity contribution in [3.63, 3.8) is 0 Å². The number of benzene rings is 1. The summed E-state index contributed by atoms with van der Waals surface area (Å²) in [4.78, 5) is 25.5. The summed E-state index contributed by atoms with van der Waals surface area (Å²) < 4.78 is 6.00. The third-order valence-electron chi connectivity index (χ3n) is 4.41. The van der Waals surface area contributed by atoms with Crippen LogP contribution in [0.15, 0.2) is 18.2 Å². The second-order valence-electron chi connectivity index (χ2n) is 6.30. The number of carbonyl (C=O) groups excluding carboxylic acids is 2. The molecule has 23 heavy (non-hydrogen) atoms. The van der Waals surface area contributed by atoms with E-state index in [1.807, 2.05) is 32.0 Å². The molecular formula is C17H23N3O3. The Morgan fingerprint density at radius 1 is 1.30 bits per heavy atom. The van der Waals surface area contributed by atoms with Crippen LogP contribution in [0.3, 0.4) is 0 Å². The van der Waals surface area contributed by atoms with Gasteiger partial charge in [-0.25, -0.2) is 4.79 Å². The van der Waals surface area contributed by atoms with E-state index in [1.54, 1.807) is 4.90 Å². The Kier molecular flexibility index (Phi) is 4.41. The molecule has 0 aliphatic carbocycles. The molecular weight excluding hydrogens is 294 g/mol. The van der Waals surface area contributed by atoms with Crippen molar-refractivity contribution in [2.24, 2.45) is 0 Å². The van der Waals surface area contributed by atoms with Gasteiger partial charge in [0.2, 0.25) is 5.91 Å². The molecule has 1 aromatic carbocycles. The standard InChI is InChI=1S/C17H23N3O3/c1-11-5-3-6-12(2)15(11)23-13-9-20(10-13)17(22)19-14-7-4-8-18-16(14)21/h3,5-6,13-14H,4,7-10H2,1-2H3,(H,18,21)(H,19,22). The molecule has 3 rings (SSSR count). The first-order valence-electron chi connectivity index (χ1n) is 8.10. The van der Waals surface area contributed by atoms with Crippen LogP contribution in [0.25, 0.3) is 0 Å². The van der Waals surface area contributed by atoms with Gasteiger partial charge in [0.25, 0.3) is 0 Å². The number of amides is 3. The Balaban J connectivity index is 1.49. The summed E-state index contributed by atoms with van der Waals surface area (Å²) in [6, 6.07) is 5.45. The molecule has 2 fully saturated rings. The van der Waals surface area contributed by atoms with E-state index in [0.29, 0.717) is 26.1 Å². The molecule has 0 aromatic heterocycles. The van der Waals surface area contributed by atoms with Crippen LogP contribution in [-0.4, -0.2) is 48.6 Å². The third-order valence-corrected chi connectivity index (χ3v) is 4.41. The number of hydrogen-bond acceptors (Lipinski definition) is 3. The van der Waals surface area contributed by atoms with Crippen LogP contribution in [0.5, 0.6) is 5.75 Å². The lowest BCUT2D eigenvalue weighted by Crippen LogP contribution is -2.62. The van der Waals surface area contributed by atoms with Gasteiger partial charge in [-0.15, -0.1) is 0 Å².